The molecule has 1 saturated heterocycles. The smallest absolute Gasteiger partial charge is 0.265 e. The number of hydrogen-bond acceptors (Lipinski definition) is 4. The first kappa shape index (κ1) is 19.5. The monoisotopic (exact) mass is 385 g/mol. The van der Waals surface area contributed by atoms with Crippen molar-refractivity contribution in [2.45, 2.75) is 40.0 Å². The zero-order valence-corrected chi connectivity index (χ0v) is 17.1. The van der Waals surface area contributed by atoms with Crippen molar-refractivity contribution in [3.05, 3.63) is 51.0 Å². The van der Waals surface area contributed by atoms with Gasteiger partial charge in [0.15, 0.2) is 0 Å². The summed E-state index contributed by atoms with van der Waals surface area (Å²) in [5.41, 5.74) is 3.32. The predicted molar refractivity (Wildman–Crippen MR) is 108 cm³/mol. The van der Waals surface area contributed by atoms with Crippen LogP contribution in [0.15, 0.2) is 24.3 Å². The van der Waals surface area contributed by atoms with Crippen LogP contribution in [0.4, 0.5) is 0 Å². The summed E-state index contributed by atoms with van der Waals surface area (Å²) in [7, 11) is 0. The van der Waals surface area contributed by atoms with Crippen LogP contribution in [0.3, 0.4) is 0 Å². The third kappa shape index (κ3) is 4.75. The zero-order valence-electron chi connectivity index (χ0n) is 16.3. The summed E-state index contributed by atoms with van der Waals surface area (Å²) in [6.45, 7) is 8.33. The zero-order chi connectivity index (χ0) is 19.4. The predicted octanol–water partition coefficient (Wildman–Crippen LogP) is 3.24. The van der Waals surface area contributed by atoms with E-state index in [1.165, 1.54) is 22.5 Å². The average molecular weight is 386 g/mol. The van der Waals surface area contributed by atoms with Crippen LogP contribution in [-0.2, 0) is 17.6 Å². The van der Waals surface area contributed by atoms with E-state index in [4.69, 9.17) is 0 Å². The Morgan fingerprint density at radius 3 is 2.15 bits per heavy atom. The van der Waals surface area contributed by atoms with Crippen molar-refractivity contribution in [3.8, 4) is 0 Å². The topological polar surface area (TPSA) is 53.5 Å². The third-order valence-corrected chi connectivity index (χ3v) is 6.14. The van der Waals surface area contributed by atoms with Crippen LogP contribution in [0.25, 0.3) is 0 Å². The molecule has 0 spiro atoms. The molecule has 6 heteroatoms. The average Bonchev–Trinajstić information content (AvgIpc) is 3.04. The van der Waals surface area contributed by atoms with Gasteiger partial charge >= 0.3 is 0 Å². The lowest BCUT2D eigenvalue weighted by molar-refractivity contribution is -0.132. The van der Waals surface area contributed by atoms with Gasteiger partial charge in [-0.05, 0) is 37.8 Å². The second-order valence-electron chi connectivity index (χ2n) is 6.99. The van der Waals surface area contributed by atoms with Gasteiger partial charge in [0.05, 0.1) is 10.7 Å². The van der Waals surface area contributed by atoms with E-state index in [1.54, 1.807) is 0 Å². The SMILES string of the molecule is CCc1ccc(CCC(=O)N2CCN(C(=O)c3sc(C)nc3C)CC2)cc1. The molecular formula is C21H27N3O2S. The van der Waals surface area contributed by atoms with Gasteiger partial charge in [-0.2, -0.15) is 0 Å². The minimum Gasteiger partial charge on any atom is -0.339 e. The van der Waals surface area contributed by atoms with Gasteiger partial charge in [0.2, 0.25) is 5.91 Å². The number of hydrogen-bond donors (Lipinski definition) is 0. The number of carbonyl (C=O) groups excluding carboxylic acids is 2. The number of rotatable bonds is 5. The molecule has 0 radical (unpaired) electrons. The van der Waals surface area contributed by atoms with Gasteiger partial charge in [-0.3, -0.25) is 9.59 Å². The van der Waals surface area contributed by atoms with Gasteiger partial charge < -0.3 is 9.80 Å². The molecule has 2 aromatic rings. The minimum absolute atomic E-state index is 0.0428. The molecule has 0 bridgehead atoms. The van der Waals surface area contributed by atoms with Gasteiger partial charge in [-0.15, -0.1) is 11.3 Å². The summed E-state index contributed by atoms with van der Waals surface area (Å²) in [5, 5.41) is 0.914. The van der Waals surface area contributed by atoms with Crippen molar-refractivity contribution >= 4 is 23.2 Å². The second-order valence-corrected chi connectivity index (χ2v) is 8.19. The molecule has 1 fully saturated rings. The van der Waals surface area contributed by atoms with Crippen molar-refractivity contribution in [2.24, 2.45) is 0 Å². The molecule has 1 aromatic carbocycles. The fourth-order valence-electron chi connectivity index (χ4n) is 3.38. The quantitative estimate of drug-likeness (QED) is 0.794. The van der Waals surface area contributed by atoms with Crippen molar-refractivity contribution in [2.75, 3.05) is 26.2 Å². The van der Waals surface area contributed by atoms with E-state index >= 15 is 0 Å². The van der Waals surface area contributed by atoms with E-state index in [-0.39, 0.29) is 11.8 Å². The van der Waals surface area contributed by atoms with Gasteiger partial charge in [0.1, 0.15) is 4.88 Å². The maximum absolute atomic E-state index is 12.7. The first-order valence-corrected chi connectivity index (χ1v) is 10.4. The lowest BCUT2D eigenvalue weighted by atomic mass is 10.1. The summed E-state index contributed by atoms with van der Waals surface area (Å²) < 4.78 is 0. The number of nitrogens with zero attached hydrogens (tertiary/aromatic N) is 3. The molecule has 2 amide bonds. The first-order chi connectivity index (χ1) is 13.0. The summed E-state index contributed by atoms with van der Waals surface area (Å²) >= 11 is 1.45. The Balaban J connectivity index is 1.48. The van der Waals surface area contributed by atoms with Crippen LogP contribution in [-0.4, -0.2) is 52.8 Å². The van der Waals surface area contributed by atoms with Gasteiger partial charge in [-0.1, -0.05) is 31.2 Å². The summed E-state index contributed by atoms with van der Waals surface area (Å²) in [6, 6.07) is 8.49. The number of carbonyl (C=O) groups is 2. The number of thiazole rings is 1. The highest BCUT2D eigenvalue weighted by atomic mass is 32.1. The summed E-state index contributed by atoms with van der Waals surface area (Å²) in [5.74, 6) is 0.215. The van der Waals surface area contributed by atoms with Crippen LogP contribution in [0.1, 0.15) is 44.8 Å². The molecule has 1 aliphatic heterocycles. The molecule has 0 atom stereocenters. The minimum atomic E-state index is 0.0428. The molecule has 3 rings (SSSR count). The van der Waals surface area contributed by atoms with Crippen LogP contribution < -0.4 is 0 Å². The molecule has 1 aliphatic rings. The number of aromatic nitrogens is 1. The number of aryl methyl sites for hydroxylation is 4. The lowest BCUT2D eigenvalue weighted by Crippen LogP contribution is -2.50. The largest absolute Gasteiger partial charge is 0.339 e. The molecule has 1 aromatic heterocycles. The highest BCUT2D eigenvalue weighted by Gasteiger charge is 2.26. The Kier molecular flexibility index (Phi) is 6.26. The standard InChI is InChI=1S/C21H27N3O2S/c1-4-17-5-7-18(8-6-17)9-10-19(25)23-11-13-24(14-12-23)21(26)20-15(2)22-16(3)27-20/h5-8H,4,9-14H2,1-3H3. The van der Waals surface area contributed by atoms with Gasteiger partial charge in [0.25, 0.3) is 5.91 Å². The lowest BCUT2D eigenvalue weighted by Gasteiger charge is -2.34. The molecule has 27 heavy (non-hydrogen) atoms. The molecule has 0 saturated carbocycles. The molecule has 144 valence electrons. The van der Waals surface area contributed by atoms with Crippen LogP contribution in [0, 0.1) is 13.8 Å². The normalized spacial score (nSPS) is 14.5. The molecule has 0 N–H and O–H groups in total. The fourth-order valence-corrected chi connectivity index (χ4v) is 4.27. The van der Waals surface area contributed by atoms with Crippen molar-refractivity contribution < 1.29 is 9.59 Å². The highest BCUT2D eigenvalue weighted by Crippen LogP contribution is 2.20. The van der Waals surface area contributed by atoms with Crippen molar-refractivity contribution in [3.63, 3.8) is 0 Å². The third-order valence-electron chi connectivity index (χ3n) is 5.08. The van der Waals surface area contributed by atoms with E-state index in [1.807, 2.05) is 23.6 Å². The van der Waals surface area contributed by atoms with Crippen LogP contribution in [0.5, 0.6) is 0 Å². The number of benzene rings is 1. The first-order valence-electron chi connectivity index (χ1n) is 9.56. The molecule has 0 unspecified atom stereocenters. The number of piperazine rings is 1. The molecule has 2 heterocycles. The van der Waals surface area contributed by atoms with E-state index in [0.717, 1.165) is 28.4 Å². The van der Waals surface area contributed by atoms with Crippen molar-refractivity contribution in [1.29, 1.82) is 0 Å². The summed E-state index contributed by atoms with van der Waals surface area (Å²) in [4.78, 5) is 34.0. The van der Waals surface area contributed by atoms with E-state index in [0.29, 0.717) is 32.6 Å². The van der Waals surface area contributed by atoms with Crippen molar-refractivity contribution in [1.82, 2.24) is 14.8 Å². The Labute approximate surface area is 165 Å². The van der Waals surface area contributed by atoms with Gasteiger partial charge in [-0.25, -0.2) is 4.98 Å². The Bertz CT molecular complexity index is 805. The van der Waals surface area contributed by atoms with Gasteiger partial charge in [0, 0.05) is 32.6 Å². The maximum Gasteiger partial charge on any atom is 0.265 e. The van der Waals surface area contributed by atoms with E-state index in [2.05, 4.69) is 36.2 Å². The highest BCUT2D eigenvalue weighted by molar-refractivity contribution is 7.13. The maximum atomic E-state index is 12.7. The molecule has 5 nitrogen and oxygen atoms in total. The number of amides is 2. The molecular weight excluding hydrogens is 358 g/mol. The fraction of sp³-hybridized carbons (Fsp3) is 0.476. The second kappa shape index (κ2) is 8.65. The summed E-state index contributed by atoms with van der Waals surface area (Å²) in [6.07, 6.45) is 2.32. The van der Waals surface area contributed by atoms with Crippen LogP contribution >= 0.6 is 11.3 Å². The Morgan fingerprint density at radius 1 is 1.00 bits per heavy atom. The van der Waals surface area contributed by atoms with Crippen LogP contribution in [0.2, 0.25) is 0 Å². The molecule has 0 aliphatic carbocycles. The Hall–Kier alpha value is -2.21. The Morgan fingerprint density at radius 2 is 1.59 bits per heavy atom. The van der Waals surface area contributed by atoms with E-state index in [9.17, 15) is 9.59 Å². The van der Waals surface area contributed by atoms with E-state index < -0.39 is 0 Å².